The minimum Gasteiger partial charge on any atom is -0.393 e. The minimum atomic E-state index is -0.0912. The van der Waals surface area contributed by atoms with Gasteiger partial charge in [0.15, 0.2) is 6.29 Å². The Morgan fingerprint density at radius 1 is 1.13 bits per heavy atom. The Balaban J connectivity index is 1.80. The van der Waals surface area contributed by atoms with Gasteiger partial charge in [0.25, 0.3) is 0 Å². The molecule has 1 unspecified atom stereocenters. The average molecular weight is 216 g/mol. The van der Waals surface area contributed by atoms with Crippen molar-refractivity contribution in [1.29, 1.82) is 0 Å². The molecule has 3 heteroatoms. The lowest BCUT2D eigenvalue weighted by Crippen LogP contribution is -2.07. The Labute approximate surface area is 92.8 Å². The first kappa shape index (κ1) is 12.9. The van der Waals surface area contributed by atoms with E-state index >= 15 is 0 Å². The van der Waals surface area contributed by atoms with E-state index in [0.717, 1.165) is 38.9 Å². The lowest BCUT2D eigenvalue weighted by molar-refractivity contribution is -0.0480. The summed E-state index contributed by atoms with van der Waals surface area (Å²) < 4.78 is 10.7. The van der Waals surface area contributed by atoms with E-state index in [1.165, 1.54) is 19.3 Å². The summed E-state index contributed by atoms with van der Waals surface area (Å²) >= 11 is 0. The highest BCUT2D eigenvalue weighted by molar-refractivity contribution is 4.55. The number of aliphatic hydroxyl groups excluding tert-OH is 1. The molecule has 90 valence electrons. The first-order chi connectivity index (χ1) is 7.33. The third kappa shape index (κ3) is 6.13. The van der Waals surface area contributed by atoms with Crippen LogP contribution < -0.4 is 0 Å². The Morgan fingerprint density at radius 3 is 2.47 bits per heavy atom. The van der Waals surface area contributed by atoms with Gasteiger partial charge in [0.2, 0.25) is 0 Å². The van der Waals surface area contributed by atoms with Crippen molar-refractivity contribution in [2.24, 2.45) is 0 Å². The molecule has 0 saturated carbocycles. The van der Waals surface area contributed by atoms with Gasteiger partial charge in [0, 0.05) is 0 Å². The molecule has 0 radical (unpaired) electrons. The third-order valence-corrected chi connectivity index (χ3v) is 2.89. The number of hydrogen-bond acceptors (Lipinski definition) is 3. The molecule has 0 aromatic carbocycles. The van der Waals surface area contributed by atoms with E-state index in [1.807, 2.05) is 6.92 Å². The summed E-state index contributed by atoms with van der Waals surface area (Å²) in [7, 11) is 0. The van der Waals surface area contributed by atoms with Crippen molar-refractivity contribution in [3.05, 3.63) is 0 Å². The van der Waals surface area contributed by atoms with Crippen LogP contribution in [-0.4, -0.2) is 30.7 Å². The quantitative estimate of drug-likeness (QED) is 0.633. The van der Waals surface area contributed by atoms with Crippen LogP contribution in [0.1, 0.15) is 51.9 Å². The zero-order valence-corrected chi connectivity index (χ0v) is 9.78. The molecular formula is C12H24O3. The van der Waals surface area contributed by atoms with Crippen molar-refractivity contribution in [3.8, 4) is 0 Å². The van der Waals surface area contributed by atoms with Crippen molar-refractivity contribution < 1.29 is 14.6 Å². The third-order valence-electron chi connectivity index (χ3n) is 2.89. The molecule has 3 nitrogen and oxygen atoms in total. The SMILES string of the molecule is CCC(O)CCCCCCC1OCCO1. The van der Waals surface area contributed by atoms with Gasteiger partial charge in [-0.2, -0.15) is 0 Å². The zero-order valence-electron chi connectivity index (χ0n) is 9.78. The van der Waals surface area contributed by atoms with Gasteiger partial charge >= 0.3 is 0 Å². The number of rotatable bonds is 8. The summed E-state index contributed by atoms with van der Waals surface area (Å²) in [6.45, 7) is 3.54. The van der Waals surface area contributed by atoms with Crippen LogP contribution in [0.15, 0.2) is 0 Å². The van der Waals surface area contributed by atoms with Gasteiger partial charge in [0.1, 0.15) is 0 Å². The van der Waals surface area contributed by atoms with E-state index in [4.69, 9.17) is 9.47 Å². The van der Waals surface area contributed by atoms with Crippen LogP contribution in [0.2, 0.25) is 0 Å². The van der Waals surface area contributed by atoms with Crippen molar-refractivity contribution in [2.75, 3.05) is 13.2 Å². The van der Waals surface area contributed by atoms with E-state index in [9.17, 15) is 5.11 Å². The molecular weight excluding hydrogens is 192 g/mol. The fourth-order valence-electron chi connectivity index (χ4n) is 1.82. The maximum absolute atomic E-state index is 9.35. The van der Waals surface area contributed by atoms with Gasteiger partial charge in [-0.05, 0) is 25.7 Å². The van der Waals surface area contributed by atoms with Crippen LogP contribution in [0.4, 0.5) is 0 Å². The fourth-order valence-corrected chi connectivity index (χ4v) is 1.82. The standard InChI is InChI=1S/C12H24O3/c1-2-11(13)7-5-3-4-6-8-12-14-9-10-15-12/h11-13H,2-10H2,1H3. The molecule has 0 aromatic rings. The highest BCUT2D eigenvalue weighted by Crippen LogP contribution is 2.14. The van der Waals surface area contributed by atoms with Crippen LogP contribution >= 0.6 is 0 Å². The molecule has 15 heavy (non-hydrogen) atoms. The first-order valence-corrected chi connectivity index (χ1v) is 6.24. The molecule has 1 heterocycles. The van der Waals surface area contributed by atoms with E-state index in [-0.39, 0.29) is 12.4 Å². The molecule has 0 aromatic heterocycles. The predicted octanol–water partition coefficient (Wildman–Crippen LogP) is 2.47. The van der Waals surface area contributed by atoms with E-state index < -0.39 is 0 Å². The smallest absolute Gasteiger partial charge is 0.157 e. The van der Waals surface area contributed by atoms with Crippen molar-refractivity contribution in [3.63, 3.8) is 0 Å². The molecule has 1 aliphatic heterocycles. The van der Waals surface area contributed by atoms with E-state index in [1.54, 1.807) is 0 Å². The van der Waals surface area contributed by atoms with Crippen LogP contribution in [-0.2, 0) is 9.47 Å². The Hall–Kier alpha value is -0.120. The molecule has 0 amide bonds. The average Bonchev–Trinajstić information content (AvgIpc) is 2.75. The molecule has 0 bridgehead atoms. The largest absolute Gasteiger partial charge is 0.393 e. The number of aliphatic hydroxyl groups is 1. The second-order valence-corrected chi connectivity index (χ2v) is 4.22. The van der Waals surface area contributed by atoms with Crippen molar-refractivity contribution in [1.82, 2.24) is 0 Å². The van der Waals surface area contributed by atoms with Crippen molar-refractivity contribution >= 4 is 0 Å². The molecule has 0 aliphatic carbocycles. The molecule has 1 fully saturated rings. The minimum absolute atomic E-state index is 0.0613. The normalized spacial score (nSPS) is 19.6. The van der Waals surface area contributed by atoms with E-state index in [0.29, 0.717) is 0 Å². The molecule has 1 N–H and O–H groups in total. The van der Waals surface area contributed by atoms with Crippen LogP contribution in [0.25, 0.3) is 0 Å². The van der Waals surface area contributed by atoms with Gasteiger partial charge < -0.3 is 14.6 Å². The van der Waals surface area contributed by atoms with Crippen LogP contribution in [0, 0.1) is 0 Å². The number of hydrogen-bond donors (Lipinski definition) is 1. The van der Waals surface area contributed by atoms with Gasteiger partial charge in [-0.1, -0.05) is 26.2 Å². The maximum atomic E-state index is 9.35. The zero-order chi connectivity index (χ0) is 10.9. The monoisotopic (exact) mass is 216 g/mol. The molecule has 1 atom stereocenters. The van der Waals surface area contributed by atoms with Crippen LogP contribution in [0.3, 0.4) is 0 Å². The lowest BCUT2D eigenvalue weighted by Gasteiger charge is -2.09. The molecule has 1 saturated heterocycles. The topological polar surface area (TPSA) is 38.7 Å². The van der Waals surface area contributed by atoms with Gasteiger partial charge in [-0.25, -0.2) is 0 Å². The highest BCUT2D eigenvalue weighted by atomic mass is 16.7. The summed E-state index contributed by atoms with van der Waals surface area (Å²) in [6.07, 6.45) is 7.57. The Bertz CT molecular complexity index is 144. The Kier molecular flexibility index (Phi) is 6.98. The lowest BCUT2D eigenvalue weighted by atomic mass is 10.1. The molecule has 1 aliphatic rings. The van der Waals surface area contributed by atoms with Crippen LogP contribution in [0.5, 0.6) is 0 Å². The summed E-state index contributed by atoms with van der Waals surface area (Å²) in [5.41, 5.74) is 0. The predicted molar refractivity (Wildman–Crippen MR) is 59.7 cm³/mol. The second kappa shape index (κ2) is 8.08. The van der Waals surface area contributed by atoms with Crippen molar-refractivity contribution in [2.45, 2.75) is 64.3 Å². The summed E-state index contributed by atoms with van der Waals surface area (Å²) in [6, 6.07) is 0. The number of ether oxygens (including phenoxy) is 2. The number of unbranched alkanes of at least 4 members (excludes halogenated alkanes) is 3. The summed E-state index contributed by atoms with van der Waals surface area (Å²) in [5.74, 6) is 0. The second-order valence-electron chi connectivity index (χ2n) is 4.22. The molecule has 0 spiro atoms. The summed E-state index contributed by atoms with van der Waals surface area (Å²) in [4.78, 5) is 0. The first-order valence-electron chi connectivity index (χ1n) is 6.24. The summed E-state index contributed by atoms with van der Waals surface area (Å²) in [5, 5.41) is 9.35. The molecule has 1 rings (SSSR count). The van der Waals surface area contributed by atoms with E-state index in [2.05, 4.69) is 0 Å². The van der Waals surface area contributed by atoms with Gasteiger partial charge in [-0.15, -0.1) is 0 Å². The highest BCUT2D eigenvalue weighted by Gasteiger charge is 2.14. The Morgan fingerprint density at radius 2 is 1.80 bits per heavy atom. The van der Waals surface area contributed by atoms with Gasteiger partial charge in [-0.3, -0.25) is 0 Å². The fraction of sp³-hybridized carbons (Fsp3) is 1.00. The van der Waals surface area contributed by atoms with Gasteiger partial charge in [0.05, 0.1) is 19.3 Å². The maximum Gasteiger partial charge on any atom is 0.157 e.